The molecular weight excluding hydrogens is 248 g/mol. The molecule has 2 rings (SSSR count). The summed E-state index contributed by atoms with van der Waals surface area (Å²) in [6, 6.07) is 2.58. The molecule has 0 radical (unpaired) electrons. The zero-order chi connectivity index (χ0) is 14.3. The minimum Gasteiger partial charge on any atom is -0.378 e. The van der Waals surface area contributed by atoms with Gasteiger partial charge in [0.1, 0.15) is 5.54 Å². The van der Waals surface area contributed by atoms with Gasteiger partial charge >= 0.3 is 0 Å². The van der Waals surface area contributed by atoms with E-state index in [0.717, 1.165) is 32.4 Å². The highest BCUT2D eigenvalue weighted by molar-refractivity contribution is 5.14. The van der Waals surface area contributed by atoms with E-state index >= 15 is 0 Å². The molecule has 0 aromatic heterocycles. The van der Waals surface area contributed by atoms with E-state index in [-0.39, 0.29) is 5.54 Å². The second kappa shape index (κ2) is 8.00. The standard InChI is InChI=1S/C17H30N2O/c1-2-12-19-17(14-18)11-6-7-15(17)10-13-20-16-8-4-3-5-9-16/h15-16,19H,2-13H2,1H3. The maximum absolute atomic E-state index is 9.61. The summed E-state index contributed by atoms with van der Waals surface area (Å²) < 4.78 is 6.05. The predicted octanol–water partition coefficient (Wildman–Crippen LogP) is 3.79. The third-order valence-electron chi connectivity index (χ3n) is 5.08. The van der Waals surface area contributed by atoms with E-state index in [2.05, 4.69) is 18.3 Å². The summed E-state index contributed by atoms with van der Waals surface area (Å²) in [5, 5.41) is 13.1. The van der Waals surface area contributed by atoms with Crippen molar-refractivity contribution in [1.29, 1.82) is 5.26 Å². The van der Waals surface area contributed by atoms with E-state index in [1.807, 2.05) is 0 Å². The Bertz CT molecular complexity index is 319. The van der Waals surface area contributed by atoms with E-state index < -0.39 is 0 Å². The second-order valence-corrected chi connectivity index (χ2v) is 6.52. The van der Waals surface area contributed by atoms with E-state index in [9.17, 15) is 5.26 Å². The number of hydrogen-bond donors (Lipinski definition) is 1. The van der Waals surface area contributed by atoms with Gasteiger partial charge in [-0.1, -0.05) is 32.6 Å². The first-order valence-corrected chi connectivity index (χ1v) is 8.58. The van der Waals surface area contributed by atoms with Crippen LogP contribution in [0.4, 0.5) is 0 Å². The number of nitrogens with zero attached hydrogens (tertiary/aromatic N) is 1. The number of rotatable bonds is 7. The van der Waals surface area contributed by atoms with Gasteiger partial charge in [-0.3, -0.25) is 5.32 Å². The van der Waals surface area contributed by atoms with Gasteiger partial charge in [-0.05, 0) is 51.0 Å². The number of ether oxygens (including phenoxy) is 1. The van der Waals surface area contributed by atoms with Gasteiger partial charge in [0, 0.05) is 6.61 Å². The first-order valence-electron chi connectivity index (χ1n) is 8.58. The lowest BCUT2D eigenvalue weighted by Crippen LogP contribution is -2.47. The van der Waals surface area contributed by atoms with E-state index in [0.29, 0.717) is 12.0 Å². The van der Waals surface area contributed by atoms with Gasteiger partial charge < -0.3 is 4.74 Å². The molecule has 0 heterocycles. The zero-order valence-electron chi connectivity index (χ0n) is 13.0. The number of nitrogens with one attached hydrogen (secondary N) is 1. The van der Waals surface area contributed by atoms with Crippen LogP contribution in [0.2, 0.25) is 0 Å². The molecule has 3 nitrogen and oxygen atoms in total. The molecule has 0 amide bonds. The van der Waals surface area contributed by atoms with Crippen LogP contribution in [0.15, 0.2) is 0 Å². The average Bonchev–Trinajstić information content (AvgIpc) is 2.90. The largest absolute Gasteiger partial charge is 0.378 e. The number of hydrogen-bond acceptors (Lipinski definition) is 3. The van der Waals surface area contributed by atoms with Crippen LogP contribution in [0.5, 0.6) is 0 Å². The van der Waals surface area contributed by atoms with Crippen LogP contribution in [0, 0.1) is 17.2 Å². The quantitative estimate of drug-likeness (QED) is 0.770. The fourth-order valence-corrected chi connectivity index (χ4v) is 3.84. The smallest absolute Gasteiger partial charge is 0.109 e. The highest BCUT2D eigenvalue weighted by Crippen LogP contribution is 2.37. The molecule has 114 valence electrons. The van der Waals surface area contributed by atoms with Crippen molar-refractivity contribution in [2.75, 3.05) is 13.2 Å². The Morgan fingerprint density at radius 1 is 1.20 bits per heavy atom. The Kier molecular flexibility index (Phi) is 6.32. The molecule has 0 saturated heterocycles. The van der Waals surface area contributed by atoms with Crippen LogP contribution < -0.4 is 5.32 Å². The van der Waals surface area contributed by atoms with E-state index in [4.69, 9.17) is 4.74 Å². The van der Waals surface area contributed by atoms with Crippen molar-refractivity contribution in [2.45, 2.75) is 82.8 Å². The molecule has 1 N–H and O–H groups in total. The third-order valence-corrected chi connectivity index (χ3v) is 5.08. The molecule has 2 fully saturated rings. The summed E-state index contributed by atoms with van der Waals surface area (Å²) in [5.41, 5.74) is -0.272. The molecule has 2 atom stereocenters. The average molecular weight is 278 g/mol. The maximum atomic E-state index is 9.61. The van der Waals surface area contributed by atoms with Crippen LogP contribution >= 0.6 is 0 Å². The Labute approximate surface area is 124 Å². The van der Waals surface area contributed by atoms with Crippen LogP contribution in [0.1, 0.15) is 71.1 Å². The summed E-state index contributed by atoms with van der Waals surface area (Å²) in [7, 11) is 0. The Hall–Kier alpha value is -0.590. The summed E-state index contributed by atoms with van der Waals surface area (Å²) >= 11 is 0. The van der Waals surface area contributed by atoms with Crippen LogP contribution in [0.25, 0.3) is 0 Å². The van der Waals surface area contributed by atoms with Crippen molar-refractivity contribution in [3.63, 3.8) is 0 Å². The van der Waals surface area contributed by atoms with Crippen molar-refractivity contribution in [1.82, 2.24) is 5.32 Å². The molecule has 3 heteroatoms. The van der Waals surface area contributed by atoms with Gasteiger partial charge in [0.25, 0.3) is 0 Å². The number of nitriles is 1. The summed E-state index contributed by atoms with van der Waals surface area (Å²) in [6.07, 6.45) is 12.5. The van der Waals surface area contributed by atoms with Crippen molar-refractivity contribution in [3.8, 4) is 6.07 Å². The van der Waals surface area contributed by atoms with Crippen LogP contribution in [-0.2, 0) is 4.74 Å². The molecule has 2 aliphatic carbocycles. The molecule has 0 aliphatic heterocycles. The highest BCUT2D eigenvalue weighted by Gasteiger charge is 2.42. The molecular formula is C17H30N2O. The fraction of sp³-hybridized carbons (Fsp3) is 0.941. The van der Waals surface area contributed by atoms with Crippen molar-refractivity contribution in [2.24, 2.45) is 5.92 Å². The van der Waals surface area contributed by atoms with Crippen molar-refractivity contribution in [3.05, 3.63) is 0 Å². The first-order chi connectivity index (χ1) is 9.80. The minimum atomic E-state index is -0.272. The van der Waals surface area contributed by atoms with Gasteiger partial charge in [0.2, 0.25) is 0 Å². The first kappa shape index (κ1) is 15.8. The maximum Gasteiger partial charge on any atom is 0.109 e. The van der Waals surface area contributed by atoms with Gasteiger partial charge in [-0.2, -0.15) is 5.26 Å². The Morgan fingerprint density at radius 2 is 2.00 bits per heavy atom. The minimum absolute atomic E-state index is 0.272. The SMILES string of the molecule is CCCNC1(C#N)CCCC1CCOC1CCCCC1. The summed E-state index contributed by atoms with van der Waals surface area (Å²) in [4.78, 5) is 0. The molecule has 0 bridgehead atoms. The monoisotopic (exact) mass is 278 g/mol. The van der Waals surface area contributed by atoms with E-state index in [1.165, 1.54) is 44.9 Å². The third kappa shape index (κ3) is 3.96. The molecule has 2 unspecified atom stereocenters. The molecule has 2 saturated carbocycles. The molecule has 0 aromatic carbocycles. The topological polar surface area (TPSA) is 45.0 Å². The van der Waals surface area contributed by atoms with Gasteiger partial charge in [-0.25, -0.2) is 0 Å². The van der Waals surface area contributed by atoms with Crippen molar-refractivity contribution >= 4 is 0 Å². The van der Waals surface area contributed by atoms with Crippen LogP contribution in [0.3, 0.4) is 0 Å². The van der Waals surface area contributed by atoms with Gasteiger partial charge in [0.15, 0.2) is 0 Å². The highest BCUT2D eigenvalue weighted by atomic mass is 16.5. The molecule has 20 heavy (non-hydrogen) atoms. The Balaban J connectivity index is 1.76. The van der Waals surface area contributed by atoms with E-state index in [1.54, 1.807) is 0 Å². The molecule has 0 spiro atoms. The lowest BCUT2D eigenvalue weighted by molar-refractivity contribution is 0.0183. The molecule has 0 aromatic rings. The lowest BCUT2D eigenvalue weighted by Gasteiger charge is -2.30. The second-order valence-electron chi connectivity index (χ2n) is 6.52. The summed E-state index contributed by atoms with van der Waals surface area (Å²) in [6.45, 7) is 3.95. The zero-order valence-corrected chi connectivity index (χ0v) is 13.0. The van der Waals surface area contributed by atoms with Gasteiger partial charge in [0.05, 0.1) is 12.2 Å². The summed E-state index contributed by atoms with van der Waals surface area (Å²) in [5.74, 6) is 0.475. The predicted molar refractivity (Wildman–Crippen MR) is 81.4 cm³/mol. The molecule has 2 aliphatic rings. The lowest BCUT2D eigenvalue weighted by atomic mass is 9.86. The Morgan fingerprint density at radius 3 is 2.70 bits per heavy atom. The fourth-order valence-electron chi connectivity index (χ4n) is 3.84. The normalized spacial score (nSPS) is 31.3. The van der Waals surface area contributed by atoms with Crippen molar-refractivity contribution < 1.29 is 4.74 Å². The van der Waals surface area contributed by atoms with Crippen LogP contribution in [-0.4, -0.2) is 24.8 Å². The van der Waals surface area contributed by atoms with Gasteiger partial charge in [-0.15, -0.1) is 0 Å².